The lowest BCUT2D eigenvalue weighted by atomic mass is 9.98. The first-order valence-corrected chi connectivity index (χ1v) is 12.0. The predicted octanol–water partition coefficient (Wildman–Crippen LogP) is 5.41. The molecule has 0 spiro atoms. The molecule has 1 aliphatic heterocycles. The van der Waals surface area contributed by atoms with Crippen molar-refractivity contribution in [2.45, 2.75) is 6.04 Å². The van der Waals surface area contributed by atoms with Gasteiger partial charge in [-0.3, -0.25) is 9.59 Å². The second kappa shape index (κ2) is 9.64. The Bertz CT molecular complexity index is 1410. The van der Waals surface area contributed by atoms with E-state index in [0.29, 0.717) is 11.3 Å². The van der Waals surface area contributed by atoms with Crippen LogP contribution in [0.1, 0.15) is 16.5 Å². The summed E-state index contributed by atoms with van der Waals surface area (Å²) in [6.45, 7) is 0.380. The van der Waals surface area contributed by atoms with E-state index in [1.54, 1.807) is 37.4 Å². The Labute approximate surface area is 206 Å². The van der Waals surface area contributed by atoms with Gasteiger partial charge in [-0.15, -0.1) is 11.3 Å². The second-order valence-corrected chi connectivity index (χ2v) is 9.07. The zero-order valence-corrected chi connectivity index (χ0v) is 19.8. The number of aliphatic hydroxyl groups is 1. The fourth-order valence-corrected chi connectivity index (χ4v) is 5.12. The third-order valence-corrected chi connectivity index (χ3v) is 6.96. The molecule has 176 valence electrons. The van der Waals surface area contributed by atoms with Crippen molar-refractivity contribution < 1.29 is 24.2 Å². The van der Waals surface area contributed by atoms with Crippen LogP contribution in [0.15, 0.2) is 89.8 Å². The topological polar surface area (TPSA) is 76.1 Å². The molecule has 4 aromatic rings. The van der Waals surface area contributed by atoms with Crippen LogP contribution in [0.5, 0.6) is 11.5 Å². The van der Waals surface area contributed by atoms with Crippen LogP contribution in [0, 0.1) is 0 Å². The van der Waals surface area contributed by atoms with Gasteiger partial charge in [0.1, 0.15) is 23.9 Å². The third kappa shape index (κ3) is 4.38. The molecule has 1 saturated heterocycles. The summed E-state index contributed by atoms with van der Waals surface area (Å²) in [6.07, 6.45) is 0. The van der Waals surface area contributed by atoms with Crippen LogP contribution in [-0.2, 0) is 9.59 Å². The van der Waals surface area contributed by atoms with E-state index < -0.39 is 17.7 Å². The van der Waals surface area contributed by atoms with Crippen molar-refractivity contribution in [1.82, 2.24) is 4.90 Å². The number of amides is 1. The second-order valence-electron chi connectivity index (χ2n) is 8.09. The number of Topliss-reactive ketones (excluding diaryl/α,β-unsaturated/α-hetero) is 1. The molecule has 35 heavy (non-hydrogen) atoms. The lowest BCUT2D eigenvalue weighted by molar-refractivity contribution is -0.140. The molecular formula is C28H23NO5S. The van der Waals surface area contributed by atoms with Gasteiger partial charge in [0.25, 0.3) is 11.7 Å². The van der Waals surface area contributed by atoms with Gasteiger partial charge >= 0.3 is 0 Å². The Balaban J connectivity index is 1.46. The summed E-state index contributed by atoms with van der Waals surface area (Å²) in [5.74, 6) is -0.172. The van der Waals surface area contributed by atoms with E-state index in [9.17, 15) is 14.7 Å². The van der Waals surface area contributed by atoms with Crippen LogP contribution in [-0.4, -0.2) is 42.0 Å². The minimum absolute atomic E-state index is 0.0946. The molecule has 3 aromatic carbocycles. The molecule has 7 heteroatoms. The predicted molar refractivity (Wildman–Crippen MR) is 136 cm³/mol. The van der Waals surface area contributed by atoms with Crippen molar-refractivity contribution in [3.8, 4) is 11.5 Å². The highest BCUT2D eigenvalue weighted by molar-refractivity contribution is 7.10. The molecule has 1 N–H and O–H groups in total. The highest BCUT2D eigenvalue weighted by Gasteiger charge is 2.46. The Hall–Kier alpha value is -4.10. The van der Waals surface area contributed by atoms with Crippen molar-refractivity contribution in [2.24, 2.45) is 0 Å². The van der Waals surface area contributed by atoms with Gasteiger partial charge in [0, 0.05) is 10.4 Å². The average Bonchev–Trinajstić information content (AvgIpc) is 3.51. The molecule has 0 radical (unpaired) electrons. The summed E-state index contributed by atoms with van der Waals surface area (Å²) in [6, 6.07) is 23.5. The number of ether oxygens (including phenoxy) is 2. The zero-order valence-electron chi connectivity index (χ0n) is 19.0. The molecule has 1 aromatic heterocycles. The number of rotatable bonds is 7. The molecule has 6 nitrogen and oxygen atoms in total. The lowest BCUT2D eigenvalue weighted by Gasteiger charge is -2.24. The van der Waals surface area contributed by atoms with E-state index in [0.717, 1.165) is 21.4 Å². The van der Waals surface area contributed by atoms with Gasteiger partial charge < -0.3 is 19.5 Å². The number of hydrogen-bond donors (Lipinski definition) is 1. The maximum atomic E-state index is 13.1. The Morgan fingerprint density at radius 1 is 0.943 bits per heavy atom. The smallest absolute Gasteiger partial charge is 0.295 e. The van der Waals surface area contributed by atoms with Crippen molar-refractivity contribution in [2.75, 3.05) is 20.3 Å². The van der Waals surface area contributed by atoms with E-state index >= 15 is 0 Å². The summed E-state index contributed by atoms with van der Waals surface area (Å²) in [7, 11) is 1.59. The maximum absolute atomic E-state index is 13.1. The molecule has 1 fully saturated rings. The molecule has 1 amide bonds. The number of aliphatic hydroxyl groups excluding tert-OH is 1. The highest BCUT2D eigenvalue weighted by Crippen LogP contribution is 2.41. The number of ketones is 1. The fraction of sp³-hybridized carbons (Fsp3) is 0.143. The quantitative estimate of drug-likeness (QED) is 0.215. The first kappa shape index (κ1) is 22.7. The summed E-state index contributed by atoms with van der Waals surface area (Å²) in [5.41, 5.74) is 0.593. The Kier molecular flexibility index (Phi) is 6.25. The standard InChI is InChI=1S/C28H23NO5S/c1-33-21-10-12-22(13-11-21)34-15-14-29-25(23-7-4-16-35-23)24(27(31)28(29)32)26(30)20-9-8-18-5-2-3-6-19(18)17-20/h2-13,16-17,25,30H,14-15H2,1H3/b26-24-. The van der Waals surface area contributed by atoms with Crippen molar-refractivity contribution in [1.29, 1.82) is 0 Å². The summed E-state index contributed by atoms with van der Waals surface area (Å²) >= 11 is 1.43. The van der Waals surface area contributed by atoms with E-state index in [4.69, 9.17) is 9.47 Å². The van der Waals surface area contributed by atoms with Crippen molar-refractivity contribution in [3.05, 3.63) is 100 Å². The third-order valence-electron chi connectivity index (χ3n) is 6.04. The number of carbonyl (C=O) groups is 2. The molecule has 0 aliphatic carbocycles. The number of nitrogens with zero attached hydrogens (tertiary/aromatic N) is 1. The van der Waals surface area contributed by atoms with Crippen LogP contribution in [0.2, 0.25) is 0 Å². The molecule has 1 unspecified atom stereocenters. The minimum Gasteiger partial charge on any atom is -0.507 e. The monoisotopic (exact) mass is 485 g/mol. The van der Waals surface area contributed by atoms with Gasteiger partial charge in [-0.05, 0) is 52.6 Å². The Morgan fingerprint density at radius 2 is 1.69 bits per heavy atom. The number of likely N-dealkylation sites (tertiary alicyclic amines) is 1. The summed E-state index contributed by atoms with van der Waals surface area (Å²) < 4.78 is 11.0. The van der Waals surface area contributed by atoms with Gasteiger partial charge in [-0.25, -0.2) is 0 Å². The van der Waals surface area contributed by atoms with E-state index in [-0.39, 0.29) is 24.5 Å². The van der Waals surface area contributed by atoms with Crippen LogP contribution in [0.3, 0.4) is 0 Å². The molecule has 5 rings (SSSR count). The number of fused-ring (bicyclic) bond motifs is 1. The summed E-state index contributed by atoms with van der Waals surface area (Å²) in [5, 5.41) is 15.1. The van der Waals surface area contributed by atoms with Gasteiger partial charge in [0.05, 0.1) is 25.3 Å². The normalized spacial score (nSPS) is 17.2. The first-order chi connectivity index (χ1) is 17.1. The SMILES string of the molecule is COc1ccc(OCCN2C(=O)C(=O)/C(=C(\O)c3ccc4ccccc4c3)C2c2cccs2)cc1. The number of thiophene rings is 1. The lowest BCUT2D eigenvalue weighted by Crippen LogP contribution is -2.33. The van der Waals surface area contributed by atoms with Gasteiger partial charge in [-0.1, -0.05) is 42.5 Å². The number of hydrogen-bond acceptors (Lipinski definition) is 6. The fourth-order valence-electron chi connectivity index (χ4n) is 4.28. The van der Waals surface area contributed by atoms with Crippen LogP contribution < -0.4 is 9.47 Å². The highest BCUT2D eigenvalue weighted by atomic mass is 32.1. The average molecular weight is 486 g/mol. The molecule has 0 bridgehead atoms. The van der Waals surface area contributed by atoms with Crippen molar-refractivity contribution in [3.63, 3.8) is 0 Å². The number of carbonyl (C=O) groups excluding carboxylic acids is 2. The van der Waals surface area contributed by atoms with Crippen LogP contribution in [0.4, 0.5) is 0 Å². The molecule has 0 saturated carbocycles. The van der Waals surface area contributed by atoms with E-state index in [2.05, 4.69) is 0 Å². The molecule has 2 heterocycles. The van der Waals surface area contributed by atoms with Gasteiger partial charge in [0.15, 0.2) is 0 Å². The van der Waals surface area contributed by atoms with Crippen LogP contribution in [0.25, 0.3) is 16.5 Å². The molecule has 1 aliphatic rings. The minimum atomic E-state index is -0.696. The zero-order chi connectivity index (χ0) is 24.4. The summed E-state index contributed by atoms with van der Waals surface area (Å²) in [4.78, 5) is 28.5. The van der Waals surface area contributed by atoms with Crippen LogP contribution >= 0.6 is 11.3 Å². The van der Waals surface area contributed by atoms with E-state index in [1.807, 2.05) is 53.9 Å². The Morgan fingerprint density at radius 3 is 2.40 bits per heavy atom. The van der Waals surface area contributed by atoms with Gasteiger partial charge in [0.2, 0.25) is 0 Å². The van der Waals surface area contributed by atoms with E-state index in [1.165, 1.54) is 16.2 Å². The number of benzene rings is 3. The molecule has 1 atom stereocenters. The first-order valence-electron chi connectivity index (χ1n) is 11.1. The maximum Gasteiger partial charge on any atom is 0.295 e. The van der Waals surface area contributed by atoms with Crippen molar-refractivity contribution >= 4 is 39.6 Å². The number of methoxy groups -OCH3 is 1. The van der Waals surface area contributed by atoms with Gasteiger partial charge in [-0.2, -0.15) is 0 Å². The largest absolute Gasteiger partial charge is 0.507 e. The molecular weight excluding hydrogens is 462 g/mol.